The zero-order valence-corrected chi connectivity index (χ0v) is 47.8. The van der Waals surface area contributed by atoms with Gasteiger partial charge in [-0.25, -0.2) is 0 Å². The molecule has 1 amide bonds. The van der Waals surface area contributed by atoms with E-state index in [0.29, 0.717) is 12.8 Å². The minimum absolute atomic E-state index is 0.377. The predicted octanol–water partition coefficient (Wildman–Crippen LogP) is 19.4. The fourth-order valence-electron chi connectivity index (χ4n) is 10.8. The van der Waals surface area contributed by atoms with E-state index in [-0.39, 0.29) is 0 Å². The van der Waals surface area contributed by atoms with Crippen molar-refractivity contribution in [1.29, 1.82) is 0 Å². The highest BCUT2D eigenvalue weighted by Gasteiger charge is 2.28. The Bertz CT molecular complexity index is 979. The number of nitrogens with one attached hydrogen (secondary N) is 1. The van der Waals surface area contributed by atoms with Gasteiger partial charge in [-0.3, -0.25) is 4.79 Å². The summed E-state index contributed by atoms with van der Waals surface area (Å²) in [5, 5.41) is 44.2. The minimum Gasteiger partial charge on any atom is -0.394 e. The maximum Gasteiger partial charge on any atom is 0.249 e. The van der Waals surface area contributed by atoms with E-state index in [9.17, 15) is 25.2 Å². The maximum atomic E-state index is 12.6. The smallest absolute Gasteiger partial charge is 0.249 e. The van der Waals surface area contributed by atoms with E-state index in [1.807, 2.05) is 0 Å². The van der Waals surface area contributed by atoms with Crippen LogP contribution in [0.15, 0.2) is 0 Å². The van der Waals surface area contributed by atoms with Gasteiger partial charge in [0.1, 0.15) is 12.2 Å². The lowest BCUT2D eigenvalue weighted by atomic mass is 9.99. The highest BCUT2D eigenvalue weighted by molar-refractivity contribution is 5.80. The van der Waals surface area contributed by atoms with Gasteiger partial charge in [0.2, 0.25) is 5.91 Å². The number of hydrogen-bond acceptors (Lipinski definition) is 5. The van der Waals surface area contributed by atoms with Crippen molar-refractivity contribution >= 4 is 5.91 Å². The summed E-state index contributed by atoms with van der Waals surface area (Å²) in [4.78, 5) is 12.6. The Morgan fingerprint density at radius 3 is 0.686 bits per heavy atom. The predicted molar refractivity (Wildman–Crippen MR) is 307 cm³/mol. The van der Waals surface area contributed by atoms with Crippen LogP contribution in [0.5, 0.6) is 0 Å². The summed E-state index contributed by atoms with van der Waals surface area (Å²) in [6, 6.07) is -0.982. The van der Waals surface area contributed by atoms with E-state index in [1.54, 1.807) is 0 Å². The second kappa shape index (κ2) is 59.2. The highest BCUT2D eigenvalue weighted by Crippen LogP contribution is 2.20. The highest BCUT2D eigenvalue weighted by atomic mass is 16.3. The molecule has 0 aliphatic heterocycles. The van der Waals surface area contributed by atoms with E-state index in [4.69, 9.17) is 0 Å². The minimum atomic E-state index is -1.26. The van der Waals surface area contributed by atoms with Gasteiger partial charge in [0.05, 0.1) is 18.8 Å². The second-order valence-electron chi connectivity index (χ2n) is 22.8. The molecule has 0 heterocycles. The molecule has 4 atom stereocenters. The van der Waals surface area contributed by atoms with E-state index in [0.717, 1.165) is 38.5 Å². The molecule has 0 saturated heterocycles. The molecule has 0 aromatic carbocycles. The number of carbonyl (C=O) groups excluding carboxylic acids is 1. The Morgan fingerprint density at radius 2 is 0.486 bits per heavy atom. The Kier molecular flexibility index (Phi) is 58.6. The van der Waals surface area contributed by atoms with Crippen molar-refractivity contribution < 1.29 is 25.2 Å². The summed E-state index contributed by atoms with van der Waals surface area (Å²) >= 11 is 0. The molecule has 0 aliphatic rings. The molecular formula is C64H129NO5. The average Bonchev–Trinajstić information content (AvgIpc) is 3.36. The third kappa shape index (κ3) is 52.2. The molecule has 0 bridgehead atoms. The average molecular weight is 993 g/mol. The van der Waals surface area contributed by atoms with E-state index < -0.39 is 36.9 Å². The van der Waals surface area contributed by atoms with Gasteiger partial charge in [0.25, 0.3) is 0 Å². The summed E-state index contributed by atoms with van der Waals surface area (Å²) in [7, 11) is 0. The summed E-state index contributed by atoms with van der Waals surface area (Å²) < 4.78 is 0. The molecule has 0 saturated carbocycles. The maximum absolute atomic E-state index is 12.6. The molecule has 0 aliphatic carbocycles. The Labute approximate surface area is 439 Å². The first-order chi connectivity index (χ1) is 34.5. The van der Waals surface area contributed by atoms with Crippen molar-refractivity contribution in [2.24, 2.45) is 0 Å². The Balaban J connectivity index is 3.53. The monoisotopic (exact) mass is 992 g/mol. The van der Waals surface area contributed by atoms with Crippen LogP contribution in [0.2, 0.25) is 0 Å². The number of aliphatic hydroxyl groups is 4. The third-order valence-electron chi connectivity index (χ3n) is 15.8. The molecule has 0 radical (unpaired) electrons. The summed E-state index contributed by atoms with van der Waals surface area (Å²) in [5.41, 5.74) is 0. The quantitative estimate of drug-likeness (QED) is 0.0390. The van der Waals surface area contributed by atoms with E-state index in [2.05, 4.69) is 19.2 Å². The van der Waals surface area contributed by atoms with Crippen LogP contribution in [-0.2, 0) is 4.79 Å². The van der Waals surface area contributed by atoms with Gasteiger partial charge in [0.15, 0.2) is 0 Å². The van der Waals surface area contributed by atoms with E-state index >= 15 is 0 Å². The lowest BCUT2D eigenvalue weighted by Gasteiger charge is -2.27. The standard InChI is InChI=1S/C64H129NO5/c1-3-5-7-9-11-13-15-17-19-21-23-25-27-29-30-31-32-33-34-36-37-39-41-43-45-47-49-51-53-55-57-61(67)63(69)60(59-66)65-64(70)62(68)58-56-54-52-50-48-46-44-42-40-38-35-28-26-24-22-20-18-16-14-12-10-8-6-4-2/h60-63,66-69H,3-59H2,1-2H3,(H,65,70). The molecular weight excluding hydrogens is 863 g/mol. The third-order valence-corrected chi connectivity index (χ3v) is 15.8. The van der Waals surface area contributed by atoms with Crippen molar-refractivity contribution in [1.82, 2.24) is 5.32 Å². The van der Waals surface area contributed by atoms with Crippen molar-refractivity contribution in [2.75, 3.05) is 6.61 Å². The van der Waals surface area contributed by atoms with Gasteiger partial charge in [-0.05, 0) is 12.8 Å². The molecule has 0 fully saturated rings. The van der Waals surface area contributed by atoms with Gasteiger partial charge in [-0.2, -0.15) is 0 Å². The fraction of sp³-hybridized carbons (Fsp3) is 0.984. The van der Waals surface area contributed by atoms with Crippen LogP contribution in [0.25, 0.3) is 0 Å². The lowest BCUT2D eigenvalue weighted by Crippen LogP contribution is -2.53. The zero-order valence-electron chi connectivity index (χ0n) is 47.8. The zero-order chi connectivity index (χ0) is 50.9. The van der Waals surface area contributed by atoms with Crippen LogP contribution in [0, 0.1) is 0 Å². The second-order valence-corrected chi connectivity index (χ2v) is 22.8. The van der Waals surface area contributed by atoms with Crippen LogP contribution in [0.3, 0.4) is 0 Å². The molecule has 6 heteroatoms. The first-order valence-electron chi connectivity index (χ1n) is 32.4. The molecule has 70 heavy (non-hydrogen) atoms. The normalized spacial score (nSPS) is 13.5. The number of unbranched alkanes of at least 4 members (excludes halogenated alkanes) is 52. The topological polar surface area (TPSA) is 110 Å². The van der Waals surface area contributed by atoms with Crippen LogP contribution >= 0.6 is 0 Å². The number of amides is 1. The molecule has 0 aromatic rings. The van der Waals surface area contributed by atoms with Crippen molar-refractivity contribution in [3.63, 3.8) is 0 Å². The van der Waals surface area contributed by atoms with Gasteiger partial charge in [-0.15, -0.1) is 0 Å². The van der Waals surface area contributed by atoms with Crippen LogP contribution in [0.4, 0.5) is 0 Å². The first kappa shape index (κ1) is 69.3. The first-order valence-corrected chi connectivity index (χ1v) is 32.4. The fourth-order valence-corrected chi connectivity index (χ4v) is 10.8. The number of aliphatic hydroxyl groups excluding tert-OH is 4. The van der Waals surface area contributed by atoms with Crippen LogP contribution in [0.1, 0.15) is 373 Å². The molecule has 0 rings (SSSR count). The van der Waals surface area contributed by atoms with Crippen molar-refractivity contribution in [3.8, 4) is 0 Å². The summed E-state index contributed by atoms with van der Waals surface area (Å²) in [6.07, 6.45) is 70.6. The van der Waals surface area contributed by atoms with Crippen LogP contribution in [-0.4, -0.2) is 57.3 Å². The molecule has 4 unspecified atom stereocenters. The Hall–Kier alpha value is -0.690. The number of rotatable bonds is 61. The van der Waals surface area contributed by atoms with Crippen LogP contribution < -0.4 is 5.32 Å². The summed E-state index contributed by atoms with van der Waals surface area (Å²) in [6.45, 7) is 4.11. The van der Waals surface area contributed by atoms with Crippen molar-refractivity contribution in [3.05, 3.63) is 0 Å². The van der Waals surface area contributed by atoms with E-state index in [1.165, 1.54) is 308 Å². The Morgan fingerprint density at radius 1 is 0.300 bits per heavy atom. The van der Waals surface area contributed by atoms with Gasteiger partial charge in [-0.1, -0.05) is 361 Å². The number of carbonyl (C=O) groups is 1. The van der Waals surface area contributed by atoms with Gasteiger partial charge >= 0.3 is 0 Å². The van der Waals surface area contributed by atoms with Crippen molar-refractivity contribution in [2.45, 2.75) is 398 Å². The number of hydrogen-bond donors (Lipinski definition) is 5. The molecule has 420 valence electrons. The summed E-state index contributed by atoms with van der Waals surface area (Å²) in [5.74, 6) is -0.574. The molecule has 0 aromatic heterocycles. The lowest BCUT2D eigenvalue weighted by molar-refractivity contribution is -0.132. The molecule has 5 N–H and O–H groups in total. The largest absolute Gasteiger partial charge is 0.394 e. The molecule has 6 nitrogen and oxygen atoms in total. The van der Waals surface area contributed by atoms with Gasteiger partial charge in [0, 0.05) is 0 Å². The SMILES string of the molecule is CCCCCCCCCCCCCCCCCCCCCCCCCCCCCCCCC(O)C(O)C(CO)NC(=O)C(O)CCCCCCCCCCCCCCCCCCCCCCCCCC. The molecule has 0 spiro atoms. The van der Waals surface area contributed by atoms with Gasteiger partial charge < -0.3 is 25.7 Å².